The summed E-state index contributed by atoms with van der Waals surface area (Å²) in [5.74, 6) is -0.165. The van der Waals surface area contributed by atoms with Gasteiger partial charge in [0.1, 0.15) is 5.82 Å². The van der Waals surface area contributed by atoms with E-state index >= 15 is 0 Å². The lowest BCUT2D eigenvalue weighted by atomic mass is 10.1. The van der Waals surface area contributed by atoms with E-state index in [4.69, 9.17) is 5.73 Å². The van der Waals surface area contributed by atoms with Crippen LogP contribution in [0.2, 0.25) is 0 Å². The van der Waals surface area contributed by atoms with Gasteiger partial charge >= 0.3 is 0 Å². The summed E-state index contributed by atoms with van der Waals surface area (Å²) >= 11 is 0. The fourth-order valence-electron chi connectivity index (χ4n) is 3.07. The highest BCUT2D eigenvalue weighted by atomic mass is 19.1. The average molecular weight is 250 g/mol. The van der Waals surface area contributed by atoms with Gasteiger partial charge in [-0.25, -0.2) is 4.39 Å². The van der Waals surface area contributed by atoms with E-state index < -0.39 is 0 Å². The van der Waals surface area contributed by atoms with Crippen molar-refractivity contribution in [2.24, 2.45) is 5.73 Å². The van der Waals surface area contributed by atoms with E-state index in [1.54, 1.807) is 12.1 Å². The maximum atomic E-state index is 13.4. The molecule has 1 aliphatic rings. The summed E-state index contributed by atoms with van der Waals surface area (Å²) in [5, 5.41) is 0. The first-order valence-electron chi connectivity index (χ1n) is 6.94. The van der Waals surface area contributed by atoms with E-state index in [0.29, 0.717) is 18.6 Å². The van der Waals surface area contributed by atoms with Gasteiger partial charge in [0.2, 0.25) is 0 Å². The molecule has 2 nitrogen and oxygen atoms in total. The first-order chi connectivity index (χ1) is 8.67. The summed E-state index contributed by atoms with van der Waals surface area (Å²) in [6.45, 7) is 5.04. The Balaban J connectivity index is 2.36. The molecule has 0 saturated carbocycles. The van der Waals surface area contributed by atoms with Crippen LogP contribution >= 0.6 is 0 Å². The lowest BCUT2D eigenvalue weighted by Crippen LogP contribution is -2.35. The Morgan fingerprint density at radius 1 is 1.39 bits per heavy atom. The first-order valence-corrected chi connectivity index (χ1v) is 6.94. The Kier molecular flexibility index (Phi) is 4.23. The molecule has 0 aliphatic carbocycles. The van der Waals surface area contributed by atoms with Crippen molar-refractivity contribution in [3.05, 3.63) is 29.6 Å². The third-order valence-electron chi connectivity index (χ3n) is 3.99. The van der Waals surface area contributed by atoms with Crippen molar-refractivity contribution in [2.45, 2.75) is 51.6 Å². The molecule has 2 rings (SSSR count). The van der Waals surface area contributed by atoms with Crippen molar-refractivity contribution < 1.29 is 4.39 Å². The molecule has 1 aliphatic heterocycles. The standard InChI is InChI=1S/C15H23FN2/c1-3-14-6-4-11(2)18(14)15-7-5-13(16)10-12(15)8-9-17/h5,7,10-11,14H,3-4,6,8-9,17H2,1-2H3. The molecule has 1 aromatic carbocycles. The molecule has 2 atom stereocenters. The fraction of sp³-hybridized carbons (Fsp3) is 0.600. The molecule has 100 valence electrons. The van der Waals surface area contributed by atoms with Crippen LogP contribution in [0.5, 0.6) is 0 Å². The zero-order valence-electron chi connectivity index (χ0n) is 11.3. The lowest BCUT2D eigenvalue weighted by molar-refractivity contribution is 0.612. The Morgan fingerprint density at radius 2 is 2.17 bits per heavy atom. The van der Waals surface area contributed by atoms with Gasteiger partial charge in [0.15, 0.2) is 0 Å². The van der Waals surface area contributed by atoms with Crippen LogP contribution in [0.25, 0.3) is 0 Å². The summed E-state index contributed by atoms with van der Waals surface area (Å²) in [6, 6.07) is 6.25. The van der Waals surface area contributed by atoms with E-state index in [9.17, 15) is 4.39 Å². The molecule has 18 heavy (non-hydrogen) atoms. The zero-order chi connectivity index (χ0) is 13.1. The van der Waals surface area contributed by atoms with Crippen molar-refractivity contribution in [2.75, 3.05) is 11.4 Å². The van der Waals surface area contributed by atoms with Gasteiger partial charge in [0, 0.05) is 17.8 Å². The molecule has 1 aromatic rings. The summed E-state index contributed by atoms with van der Waals surface area (Å²) in [4.78, 5) is 2.46. The number of nitrogens with two attached hydrogens (primary N) is 1. The normalized spacial score (nSPS) is 23.7. The molecule has 0 amide bonds. The molecule has 1 heterocycles. The average Bonchev–Trinajstić information content (AvgIpc) is 2.71. The second kappa shape index (κ2) is 5.70. The number of anilines is 1. The second-order valence-electron chi connectivity index (χ2n) is 5.21. The Bertz CT molecular complexity index is 405. The quantitative estimate of drug-likeness (QED) is 0.889. The predicted octanol–water partition coefficient (Wildman–Crippen LogP) is 3.09. The van der Waals surface area contributed by atoms with Crippen molar-refractivity contribution in [3.63, 3.8) is 0 Å². The third kappa shape index (κ3) is 2.51. The first kappa shape index (κ1) is 13.3. The van der Waals surface area contributed by atoms with Gasteiger partial charge in [0.05, 0.1) is 0 Å². The highest BCUT2D eigenvalue weighted by Crippen LogP contribution is 2.34. The van der Waals surface area contributed by atoms with Gasteiger partial charge in [-0.15, -0.1) is 0 Å². The highest BCUT2D eigenvalue weighted by Gasteiger charge is 2.30. The lowest BCUT2D eigenvalue weighted by Gasteiger charge is -2.32. The van der Waals surface area contributed by atoms with Gasteiger partial charge < -0.3 is 10.6 Å². The maximum absolute atomic E-state index is 13.4. The third-order valence-corrected chi connectivity index (χ3v) is 3.99. The van der Waals surface area contributed by atoms with Gasteiger partial charge in [-0.2, -0.15) is 0 Å². The zero-order valence-corrected chi connectivity index (χ0v) is 11.3. The van der Waals surface area contributed by atoms with E-state index in [0.717, 1.165) is 18.4 Å². The van der Waals surface area contributed by atoms with Crippen LogP contribution in [-0.2, 0) is 6.42 Å². The summed E-state index contributed by atoms with van der Waals surface area (Å²) < 4.78 is 13.4. The van der Waals surface area contributed by atoms with Gasteiger partial charge in [-0.3, -0.25) is 0 Å². The minimum Gasteiger partial charge on any atom is -0.366 e. The minimum atomic E-state index is -0.165. The van der Waals surface area contributed by atoms with Crippen LogP contribution in [-0.4, -0.2) is 18.6 Å². The Labute approximate surface area is 109 Å². The summed E-state index contributed by atoms with van der Waals surface area (Å²) in [6.07, 6.45) is 4.34. The van der Waals surface area contributed by atoms with Crippen LogP contribution in [0.4, 0.5) is 10.1 Å². The van der Waals surface area contributed by atoms with E-state index in [1.807, 2.05) is 6.07 Å². The molecule has 0 bridgehead atoms. The van der Waals surface area contributed by atoms with Crippen molar-refractivity contribution in [1.29, 1.82) is 0 Å². The smallest absolute Gasteiger partial charge is 0.123 e. The maximum Gasteiger partial charge on any atom is 0.123 e. The van der Waals surface area contributed by atoms with Crippen LogP contribution < -0.4 is 10.6 Å². The SMILES string of the molecule is CCC1CCC(C)N1c1ccc(F)cc1CCN. The number of benzene rings is 1. The largest absolute Gasteiger partial charge is 0.366 e. The Hall–Kier alpha value is -1.09. The van der Waals surface area contributed by atoms with Gasteiger partial charge in [-0.05, 0) is 62.9 Å². The number of hydrogen-bond acceptors (Lipinski definition) is 2. The van der Waals surface area contributed by atoms with E-state index in [2.05, 4.69) is 18.7 Å². The van der Waals surface area contributed by atoms with Crippen LogP contribution in [0.15, 0.2) is 18.2 Å². The number of rotatable bonds is 4. The van der Waals surface area contributed by atoms with Crippen LogP contribution in [0.1, 0.15) is 38.7 Å². The number of nitrogens with zero attached hydrogens (tertiary/aromatic N) is 1. The van der Waals surface area contributed by atoms with Crippen LogP contribution in [0.3, 0.4) is 0 Å². The molecule has 0 aromatic heterocycles. The van der Waals surface area contributed by atoms with Crippen LogP contribution in [0, 0.1) is 5.82 Å². The molecule has 0 radical (unpaired) electrons. The Morgan fingerprint density at radius 3 is 2.83 bits per heavy atom. The fourth-order valence-corrected chi connectivity index (χ4v) is 3.07. The summed E-state index contributed by atoms with van der Waals surface area (Å²) in [7, 11) is 0. The number of halogens is 1. The molecular weight excluding hydrogens is 227 g/mol. The van der Waals surface area contributed by atoms with E-state index in [1.165, 1.54) is 18.5 Å². The minimum absolute atomic E-state index is 0.165. The second-order valence-corrected chi connectivity index (χ2v) is 5.21. The van der Waals surface area contributed by atoms with E-state index in [-0.39, 0.29) is 5.82 Å². The highest BCUT2D eigenvalue weighted by molar-refractivity contribution is 5.56. The molecular formula is C15H23FN2. The molecule has 1 fully saturated rings. The molecule has 2 N–H and O–H groups in total. The molecule has 0 spiro atoms. The molecule has 1 saturated heterocycles. The van der Waals surface area contributed by atoms with Gasteiger partial charge in [-0.1, -0.05) is 6.92 Å². The summed E-state index contributed by atoms with van der Waals surface area (Å²) in [5.41, 5.74) is 7.86. The monoisotopic (exact) mass is 250 g/mol. The van der Waals surface area contributed by atoms with Crippen molar-refractivity contribution in [3.8, 4) is 0 Å². The van der Waals surface area contributed by atoms with Gasteiger partial charge in [0.25, 0.3) is 0 Å². The van der Waals surface area contributed by atoms with Crippen molar-refractivity contribution in [1.82, 2.24) is 0 Å². The predicted molar refractivity (Wildman–Crippen MR) is 74.4 cm³/mol. The molecule has 2 unspecified atom stereocenters. The topological polar surface area (TPSA) is 29.3 Å². The molecule has 3 heteroatoms. The number of hydrogen-bond donors (Lipinski definition) is 1. The van der Waals surface area contributed by atoms with Crippen molar-refractivity contribution >= 4 is 5.69 Å².